The number of benzene rings is 1. The van der Waals surface area contributed by atoms with Gasteiger partial charge >= 0.3 is 6.18 Å². The van der Waals surface area contributed by atoms with Gasteiger partial charge in [-0.15, -0.1) is 16.2 Å². The van der Waals surface area contributed by atoms with Crippen LogP contribution in [0.2, 0.25) is 0 Å². The number of nitrogens with one attached hydrogen (secondary N) is 2. The molecule has 2 saturated carbocycles. The molecule has 5 rings (SSSR count). The Balaban J connectivity index is 1.59. The maximum absolute atomic E-state index is 13.5. The van der Waals surface area contributed by atoms with E-state index in [0.29, 0.717) is 58.6 Å². The van der Waals surface area contributed by atoms with Crippen LogP contribution in [0.5, 0.6) is 0 Å². The molecule has 3 aromatic rings. The molecule has 11 heteroatoms. The van der Waals surface area contributed by atoms with E-state index >= 15 is 0 Å². The Labute approximate surface area is 216 Å². The summed E-state index contributed by atoms with van der Waals surface area (Å²) in [6.45, 7) is 0. The van der Waals surface area contributed by atoms with Crippen LogP contribution in [0.15, 0.2) is 41.7 Å². The van der Waals surface area contributed by atoms with Gasteiger partial charge in [-0.3, -0.25) is 0 Å². The van der Waals surface area contributed by atoms with Gasteiger partial charge in [0.15, 0.2) is 5.54 Å². The number of alkyl halides is 3. The fourth-order valence-electron chi connectivity index (χ4n) is 5.03. The highest BCUT2D eigenvalue weighted by Crippen LogP contribution is 2.46. The first-order valence-corrected chi connectivity index (χ1v) is 13.3. The van der Waals surface area contributed by atoms with Gasteiger partial charge in [0.05, 0.1) is 21.8 Å². The number of rotatable bonds is 6. The molecule has 0 aliphatic heterocycles. The minimum atomic E-state index is -4.50. The normalized spacial score (nSPS) is 21.1. The number of thiazole rings is 1. The lowest BCUT2D eigenvalue weighted by Crippen LogP contribution is -2.29. The van der Waals surface area contributed by atoms with Crippen molar-refractivity contribution in [3.8, 4) is 21.8 Å². The molecular formula is C26H27F3N6OS. The monoisotopic (exact) mass is 528 g/mol. The molecule has 0 bridgehead atoms. The molecule has 0 spiro atoms. The smallest absolute Gasteiger partial charge is 0.351 e. The van der Waals surface area contributed by atoms with Gasteiger partial charge in [0.2, 0.25) is 5.95 Å². The third kappa shape index (κ3) is 5.41. The highest BCUT2D eigenvalue weighted by atomic mass is 32.1. The minimum Gasteiger partial charge on any atom is -0.351 e. The molecule has 2 aromatic heterocycles. The average Bonchev–Trinajstić information content (AvgIpc) is 3.36. The zero-order chi connectivity index (χ0) is 26.0. The van der Waals surface area contributed by atoms with E-state index in [2.05, 4.69) is 15.5 Å². The predicted molar refractivity (Wildman–Crippen MR) is 138 cm³/mol. The van der Waals surface area contributed by atoms with Crippen molar-refractivity contribution in [2.45, 2.75) is 75.5 Å². The molecule has 2 aliphatic rings. The summed E-state index contributed by atoms with van der Waals surface area (Å²) < 4.78 is 40.5. The highest BCUT2D eigenvalue weighted by molar-refractivity contribution is 7.15. The molecule has 2 aliphatic carbocycles. The second-order valence-electron chi connectivity index (χ2n) is 9.75. The lowest BCUT2D eigenvalue weighted by molar-refractivity contribution is -0.137. The van der Waals surface area contributed by atoms with Crippen molar-refractivity contribution >= 4 is 23.0 Å². The van der Waals surface area contributed by atoms with Gasteiger partial charge in [0.1, 0.15) is 5.01 Å². The van der Waals surface area contributed by atoms with E-state index in [1.165, 1.54) is 23.8 Å². The van der Waals surface area contributed by atoms with Crippen LogP contribution >= 0.6 is 11.3 Å². The number of hydrogen-bond acceptors (Lipinski definition) is 8. The molecule has 7 nitrogen and oxygen atoms in total. The Morgan fingerprint density at radius 3 is 2.54 bits per heavy atom. The van der Waals surface area contributed by atoms with Crippen molar-refractivity contribution in [2.24, 2.45) is 5.18 Å². The highest BCUT2D eigenvalue weighted by Gasteiger charge is 2.41. The van der Waals surface area contributed by atoms with Crippen LogP contribution in [0.3, 0.4) is 0 Å². The molecular weight excluding hydrogens is 501 g/mol. The van der Waals surface area contributed by atoms with Gasteiger partial charge in [-0.1, -0.05) is 36.6 Å². The summed E-state index contributed by atoms with van der Waals surface area (Å²) in [5.74, 6) is 0.462. The second kappa shape index (κ2) is 10.3. The van der Waals surface area contributed by atoms with Gasteiger partial charge < -0.3 is 10.7 Å². The Kier molecular flexibility index (Phi) is 7.06. The summed E-state index contributed by atoms with van der Waals surface area (Å²) >= 11 is 1.23. The lowest BCUT2D eigenvalue weighted by Gasteiger charge is -2.28. The number of nitroso groups, excluding NO2 is 1. The summed E-state index contributed by atoms with van der Waals surface area (Å²) in [7, 11) is 0. The van der Waals surface area contributed by atoms with Crippen molar-refractivity contribution in [1.82, 2.24) is 15.0 Å². The van der Waals surface area contributed by atoms with E-state index in [0.717, 1.165) is 37.8 Å². The van der Waals surface area contributed by atoms with E-state index in [1.807, 2.05) is 0 Å². The lowest BCUT2D eigenvalue weighted by atomic mass is 9.82. The third-order valence-corrected chi connectivity index (χ3v) is 8.44. The molecule has 1 aromatic carbocycles. The molecule has 0 unspecified atom stereocenters. The number of nitrogens with zero attached hydrogens (tertiary/aromatic N) is 4. The Bertz CT molecular complexity index is 1290. The van der Waals surface area contributed by atoms with E-state index in [1.54, 1.807) is 18.3 Å². The van der Waals surface area contributed by atoms with Crippen molar-refractivity contribution < 1.29 is 13.2 Å². The first-order chi connectivity index (χ1) is 17.8. The van der Waals surface area contributed by atoms with E-state index in [-0.39, 0.29) is 11.6 Å². The first-order valence-electron chi connectivity index (χ1n) is 12.5. The minimum absolute atomic E-state index is 0.282. The average molecular weight is 529 g/mol. The summed E-state index contributed by atoms with van der Waals surface area (Å²) in [5, 5.41) is 15.2. The molecule has 0 radical (unpaired) electrons. The Morgan fingerprint density at radius 1 is 1.08 bits per heavy atom. The van der Waals surface area contributed by atoms with E-state index < -0.39 is 17.3 Å². The number of halogens is 3. The second-order valence-corrected chi connectivity index (χ2v) is 10.7. The van der Waals surface area contributed by atoms with E-state index in [9.17, 15) is 18.1 Å². The third-order valence-electron chi connectivity index (χ3n) is 7.17. The van der Waals surface area contributed by atoms with Crippen LogP contribution < -0.4 is 5.32 Å². The van der Waals surface area contributed by atoms with Crippen molar-refractivity contribution in [1.29, 1.82) is 5.41 Å². The molecule has 2 N–H and O–H groups in total. The topological polar surface area (TPSA) is 104 Å². The molecule has 2 heterocycles. The summed E-state index contributed by atoms with van der Waals surface area (Å²) in [6, 6.07) is 7.02. The maximum Gasteiger partial charge on any atom is 0.416 e. The van der Waals surface area contributed by atoms with Gasteiger partial charge in [-0.2, -0.15) is 13.2 Å². The Morgan fingerprint density at radius 2 is 1.84 bits per heavy atom. The standard InChI is InChI=1S/C26H27F3N6OS/c27-26(28,29)17-6-4-5-16(15-17)21-22(37-23(34-21)25(35-36)12-9-18(30)10-13-25)20-11-14-31-24(33-20)32-19-7-2-1-3-8-19/h4-6,11,14-15,19,30H,1-3,7-10,12-13H2,(H,31,32,33). The molecule has 2 fully saturated rings. The number of hydrogen-bond donors (Lipinski definition) is 2. The first kappa shape index (κ1) is 25.4. The SMILES string of the molecule is N=C1CCC(N=O)(c2nc(-c3cccc(C(F)(F)F)c3)c(-c3ccnc(NC4CCCCC4)n3)s2)CC1. The van der Waals surface area contributed by atoms with Crippen LogP contribution in [-0.2, 0) is 11.7 Å². The van der Waals surface area contributed by atoms with Gasteiger partial charge in [-0.05, 0) is 56.7 Å². The predicted octanol–water partition coefficient (Wildman–Crippen LogP) is 7.59. The van der Waals surface area contributed by atoms with Crippen LogP contribution in [0.4, 0.5) is 19.1 Å². The molecule has 0 amide bonds. The zero-order valence-electron chi connectivity index (χ0n) is 20.1. The summed E-state index contributed by atoms with van der Waals surface area (Å²) in [4.78, 5) is 26.5. The molecule has 0 atom stereocenters. The summed E-state index contributed by atoms with van der Waals surface area (Å²) in [5.41, 5.74) is -0.186. The number of anilines is 1. The van der Waals surface area contributed by atoms with Crippen LogP contribution in [0.25, 0.3) is 21.8 Å². The quantitative estimate of drug-likeness (QED) is 0.321. The van der Waals surface area contributed by atoms with Crippen molar-refractivity contribution in [3.63, 3.8) is 0 Å². The van der Waals surface area contributed by atoms with Gasteiger partial charge in [0.25, 0.3) is 0 Å². The largest absolute Gasteiger partial charge is 0.416 e. The van der Waals surface area contributed by atoms with Crippen LogP contribution in [0.1, 0.15) is 68.4 Å². The van der Waals surface area contributed by atoms with E-state index in [4.69, 9.17) is 15.4 Å². The summed E-state index contributed by atoms with van der Waals surface area (Å²) in [6.07, 6.45) is 4.27. The van der Waals surface area contributed by atoms with Crippen LogP contribution in [0, 0.1) is 10.3 Å². The number of aromatic nitrogens is 3. The fraction of sp³-hybridized carbons (Fsp3) is 0.462. The van der Waals surface area contributed by atoms with Gasteiger partial charge in [0, 0.05) is 23.5 Å². The molecule has 194 valence electrons. The van der Waals surface area contributed by atoms with Crippen molar-refractivity contribution in [2.75, 3.05) is 5.32 Å². The van der Waals surface area contributed by atoms with Gasteiger partial charge in [-0.25, -0.2) is 15.0 Å². The molecule has 37 heavy (non-hydrogen) atoms. The fourth-order valence-corrected chi connectivity index (χ4v) is 6.27. The van der Waals surface area contributed by atoms with Crippen LogP contribution in [-0.4, -0.2) is 26.7 Å². The van der Waals surface area contributed by atoms with Crippen molar-refractivity contribution in [3.05, 3.63) is 52.0 Å². The molecule has 0 saturated heterocycles. The zero-order valence-corrected chi connectivity index (χ0v) is 21.0. The maximum atomic E-state index is 13.5. The Hall–Kier alpha value is -3.21.